The van der Waals surface area contributed by atoms with Gasteiger partial charge in [-0.3, -0.25) is 4.79 Å². The van der Waals surface area contributed by atoms with Crippen molar-refractivity contribution in [2.24, 2.45) is 0 Å². The van der Waals surface area contributed by atoms with Crippen LogP contribution in [0, 0.1) is 0 Å². The number of anilines is 3. The summed E-state index contributed by atoms with van der Waals surface area (Å²) >= 11 is 0. The number of amides is 3. The average molecular weight is 634 g/mol. The summed E-state index contributed by atoms with van der Waals surface area (Å²) in [6, 6.07) is 22.5. The van der Waals surface area contributed by atoms with Gasteiger partial charge in [0.15, 0.2) is 5.69 Å². The Balaban J connectivity index is 1.04. The van der Waals surface area contributed by atoms with Crippen molar-refractivity contribution < 1.29 is 27.2 Å². The second kappa shape index (κ2) is 13.5. The minimum Gasteiger partial charge on any atom is -0.417 e. The van der Waals surface area contributed by atoms with Crippen LogP contribution in [0.15, 0.2) is 83.4 Å². The molecular weight excluding hydrogens is 599 g/mol. The number of nitrogens with one attached hydrogen (secondary N) is 2. The van der Waals surface area contributed by atoms with Gasteiger partial charge in [0.05, 0.1) is 11.9 Å². The number of benzene rings is 2. The van der Waals surface area contributed by atoms with Gasteiger partial charge in [-0.2, -0.15) is 18.2 Å². The third-order valence-electron chi connectivity index (χ3n) is 8.31. The quantitative estimate of drug-likeness (QED) is 0.267. The highest BCUT2D eigenvalue weighted by Crippen LogP contribution is 2.36. The van der Waals surface area contributed by atoms with Gasteiger partial charge in [0.2, 0.25) is 5.76 Å². The Bertz CT molecular complexity index is 1620. The summed E-state index contributed by atoms with van der Waals surface area (Å²) in [5.41, 5.74) is 1.06. The number of nitrogens with zero attached hydrogens (tertiary/aromatic N) is 5. The van der Waals surface area contributed by atoms with Crippen LogP contribution in [0.4, 0.5) is 35.5 Å². The summed E-state index contributed by atoms with van der Waals surface area (Å²) < 4.78 is 47.2. The predicted octanol–water partition coefficient (Wildman–Crippen LogP) is 5.76. The number of oxazole rings is 1. The summed E-state index contributed by atoms with van der Waals surface area (Å²) in [5, 5.41) is 5.39. The van der Waals surface area contributed by atoms with Crippen molar-refractivity contribution in [3.8, 4) is 0 Å². The number of piperidine rings is 1. The van der Waals surface area contributed by atoms with Crippen LogP contribution in [0.5, 0.6) is 0 Å². The molecule has 0 atom stereocenters. The van der Waals surface area contributed by atoms with E-state index >= 15 is 0 Å². The number of halogens is 3. The van der Waals surface area contributed by atoms with Crippen LogP contribution in [0.2, 0.25) is 0 Å². The van der Waals surface area contributed by atoms with Gasteiger partial charge < -0.3 is 29.8 Å². The summed E-state index contributed by atoms with van der Waals surface area (Å²) in [6.45, 7) is 3.46. The number of aromatic nitrogens is 2. The molecule has 2 aromatic heterocycles. The molecule has 4 aromatic rings. The lowest BCUT2D eigenvalue weighted by atomic mass is 9.90. The largest absolute Gasteiger partial charge is 0.437 e. The van der Waals surface area contributed by atoms with Crippen LogP contribution in [0.1, 0.15) is 46.1 Å². The zero-order chi connectivity index (χ0) is 32.1. The van der Waals surface area contributed by atoms with Crippen molar-refractivity contribution in [2.45, 2.75) is 31.5 Å². The zero-order valence-corrected chi connectivity index (χ0v) is 25.0. The Morgan fingerprint density at radius 1 is 0.848 bits per heavy atom. The van der Waals surface area contributed by atoms with Gasteiger partial charge in [-0.25, -0.2) is 9.78 Å². The monoisotopic (exact) mass is 633 g/mol. The lowest BCUT2D eigenvalue weighted by Crippen LogP contribution is -2.51. The van der Waals surface area contributed by atoms with E-state index in [1.807, 2.05) is 65.6 Å². The first-order chi connectivity index (χ1) is 22.2. The molecule has 0 unspecified atom stereocenters. The van der Waals surface area contributed by atoms with Gasteiger partial charge >= 0.3 is 12.2 Å². The molecule has 2 fully saturated rings. The molecule has 46 heavy (non-hydrogen) atoms. The maximum absolute atomic E-state index is 13.9. The fraction of sp³-hybridized carbons (Fsp3) is 0.333. The predicted molar refractivity (Wildman–Crippen MR) is 167 cm³/mol. The zero-order valence-electron chi connectivity index (χ0n) is 25.0. The second-order valence-electron chi connectivity index (χ2n) is 11.3. The Kier molecular flexibility index (Phi) is 9.08. The van der Waals surface area contributed by atoms with Crippen molar-refractivity contribution in [1.82, 2.24) is 20.2 Å². The number of carbonyl (C=O) groups excluding carboxylic acids is 2. The van der Waals surface area contributed by atoms with E-state index < -0.39 is 23.5 Å². The number of hydrogen-bond acceptors (Lipinski definition) is 7. The Hall–Kier alpha value is -5.07. The number of alkyl halides is 3. The van der Waals surface area contributed by atoms with E-state index in [0.29, 0.717) is 57.5 Å². The summed E-state index contributed by atoms with van der Waals surface area (Å²) in [7, 11) is 0. The first-order valence-electron chi connectivity index (χ1n) is 15.2. The molecule has 0 aliphatic carbocycles. The van der Waals surface area contributed by atoms with Crippen LogP contribution in [-0.2, 0) is 12.7 Å². The number of pyridine rings is 1. The third-order valence-corrected chi connectivity index (χ3v) is 8.31. The molecule has 2 saturated heterocycles. The lowest BCUT2D eigenvalue weighted by Gasteiger charge is -2.35. The number of carbonyl (C=O) groups is 2. The van der Waals surface area contributed by atoms with E-state index in [1.165, 1.54) is 11.8 Å². The summed E-state index contributed by atoms with van der Waals surface area (Å²) in [5.74, 6) is -1.03. The molecule has 13 heteroatoms. The van der Waals surface area contributed by atoms with Crippen molar-refractivity contribution in [1.29, 1.82) is 0 Å². The molecule has 2 aliphatic heterocycles. The van der Waals surface area contributed by atoms with Gasteiger partial charge in [-0.1, -0.05) is 60.7 Å². The van der Waals surface area contributed by atoms with Crippen LogP contribution < -0.4 is 20.4 Å². The lowest BCUT2D eigenvalue weighted by molar-refractivity contribution is -0.141. The highest BCUT2D eigenvalue weighted by molar-refractivity contribution is 6.03. The maximum atomic E-state index is 13.9. The topological polar surface area (TPSA) is 107 Å². The number of piperazine rings is 1. The molecule has 0 spiro atoms. The van der Waals surface area contributed by atoms with E-state index in [9.17, 15) is 22.8 Å². The van der Waals surface area contributed by atoms with Crippen molar-refractivity contribution in [2.75, 3.05) is 54.4 Å². The van der Waals surface area contributed by atoms with Crippen LogP contribution in [-0.4, -0.2) is 66.1 Å². The molecular formula is C33H34F3N7O3. The van der Waals surface area contributed by atoms with Crippen molar-refractivity contribution in [3.05, 3.63) is 102 Å². The van der Waals surface area contributed by atoms with Gasteiger partial charge in [0, 0.05) is 45.8 Å². The second-order valence-corrected chi connectivity index (χ2v) is 11.3. The van der Waals surface area contributed by atoms with E-state index in [4.69, 9.17) is 4.42 Å². The highest BCUT2D eigenvalue weighted by Gasteiger charge is 2.42. The Labute approximate surface area is 264 Å². The molecule has 2 aromatic carbocycles. The van der Waals surface area contributed by atoms with Crippen molar-refractivity contribution >= 4 is 29.5 Å². The van der Waals surface area contributed by atoms with E-state index in [-0.39, 0.29) is 17.7 Å². The van der Waals surface area contributed by atoms with Gasteiger partial charge in [0.1, 0.15) is 5.82 Å². The standard InChI is InChI=1S/C33H34F3N7O3/c34-33(35,36)29-28(46-32(40-29)43-15-13-25(14-16-43)24-9-5-2-6-10-24)30(44)39-26-11-12-27(37-22-26)41-17-19-42(20-18-41)31(45)38-21-23-7-3-1-4-8-23/h1-12,22,25H,13-21H2,(H,38,45)(H,39,44). The first kappa shape index (κ1) is 30.9. The van der Waals surface area contributed by atoms with Crippen LogP contribution in [0.3, 0.4) is 0 Å². The molecule has 4 heterocycles. The smallest absolute Gasteiger partial charge is 0.417 e. The third kappa shape index (κ3) is 7.24. The Morgan fingerprint density at radius 3 is 2.15 bits per heavy atom. The first-order valence-corrected chi connectivity index (χ1v) is 15.2. The molecule has 2 N–H and O–H groups in total. The molecule has 10 nitrogen and oxygen atoms in total. The van der Waals surface area contributed by atoms with E-state index in [2.05, 4.69) is 20.6 Å². The van der Waals surface area contributed by atoms with Crippen molar-refractivity contribution in [3.63, 3.8) is 0 Å². The number of hydrogen-bond donors (Lipinski definition) is 2. The van der Waals surface area contributed by atoms with Gasteiger partial charge in [-0.15, -0.1) is 0 Å². The molecule has 0 saturated carbocycles. The molecule has 3 amide bonds. The molecule has 2 aliphatic rings. The molecule has 0 bridgehead atoms. The average Bonchev–Trinajstić information content (AvgIpc) is 3.56. The van der Waals surface area contributed by atoms with Gasteiger partial charge in [-0.05, 0) is 42.0 Å². The normalized spacial score (nSPS) is 15.9. The number of urea groups is 1. The molecule has 240 valence electrons. The highest BCUT2D eigenvalue weighted by atomic mass is 19.4. The fourth-order valence-corrected chi connectivity index (χ4v) is 5.78. The van der Waals surface area contributed by atoms with Gasteiger partial charge in [0.25, 0.3) is 11.9 Å². The van der Waals surface area contributed by atoms with E-state index in [0.717, 1.165) is 18.4 Å². The molecule has 0 radical (unpaired) electrons. The number of rotatable bonds is 7. The SMILES string of the molecule is O=C(Nc1ccc(N2CCN(C(=O)NCc3ccccc3)CC2)nc1)c1oc(N2CCC(c3ccccc3)CC2)nc1C(F)(F)F. The van der Waals surface area contributed by atoms with E-state index in [1.54, 1.807) is 21.9 Å². The minimum atomic E-state index is -4.88. The summed E-state index contributed by atoms with van der Waals surface area (Å²) in [6.07, 6.45) is -2.04. The molecule has 6 rings (SSSR count). The Morgan fingerprint density at radius 2 is 1.52 bits per heavy atom. The minimum absolute atomic E-state index is 0.139. The van der Waals surface area contributed by atoms with Crippen LogP contribution in [0.25, 0.3) is 0 Å². The van der Waals surface area contributed by atoms with Crippen LogP contribution >= 0.6 is 0 Å². The fourth-order valence-electron chi connectivity index (χ4n) is 5.78. The maximum Gasteiger partial charge on any atom is 0.437 e. The summed E-state index contributed by atoms with van der Waals surface area (Å²) in [4.78, 5) is 39.1.